The average molecular weight is 369 g/mol. The number of esters is 1. The van der Waals surface area contributed by atoms with Crippen LogP contribution in [0, 0.1) is 0 Å². The minimum atomic E-state index is -2.96. The molecule has 1 rings (SSSR count). The Morgan fingerprint density at radius 3 is 2.32 bits per heavy atom. The molecule has 0 aliphatic heterocycles. The highest BCUT2D eigenvalue weighted by Gasteiger charge is 2.47. The van der Waals surface area contributed by atoms with Gasteiger partial charge in [-0.25, -0.2) is 4.79 Å². The van der Waals surface area contributed by atoms with E-state index in [0.29, 0.717) is 0 Å². The van der Waals surface area contributed by atoms with Crippen molar-refractivity contribution in [1.29, 1.82) is 0 Å². The van der Waals surface area contributed by atoms with Gasteiger partial charge >= 0.3 is 14.8 Å². The van der Waals surface area contributed by atoms with Crippen LogP contribution in [0.15, 0.2) is 30.3 Å². The second-order valence-corrected chi connectivity index (χ2v) is 8.20. The van der Waals surface area contributed by atoms with E-state index in [-0.39, 0.29) is 12.5 Å². The second-order valence-electron chi connectivity index (χ2n) is 5.19. The molecule has 1 aromatic rings. The predicted octanol–water partition coefficient (Wildman–Crippen LogP) is 2.03. The molecule has 0 spiro atoms. The third kappa shape index (κ3) is 6.26. The molecular weight excluding hydrogens is 340 g/mol. The van der Waals surface area contributed by atoms with Gasteiger partial charge in [0.2, 0.25) is 0 Å². The Labute approximate surface area is 150 Å². The van der Waals surface area contributed by atoms with E-state index in [1.807, 2.05) is 45.3 Å². The minimum Gasteiger partial charge on any atom is -0.436 e. The first kappa shape index (κ1) is 21.3. The number of hydrogen-bond donors (Lipinski definition) is 2. The Hall–Kier alpha value is -1.71. The lowest BCUT2D eigenvalue weighted by Gasteiger charge is -2.32. The molecule has 0 saturated carbocycles. The number of hydrogen-bond acceptors (Lipinski definition) is 7. The van der Waals surface area contributed by atoms with Crippen LogP contribution in [-0.2, 0) is 22.8 Å². The van der Waals surface area contributed by atoms with E-state index < -0.39 is 14.8 Å². The number of carbonyl (C=O) groups is 1. The van der Waals surface area contributed by atoms with Gasteiger partial charge in [-0.3, -0.25) is 0 Å². The van der Waals surface area contributed by atoms with Crippen molar-refractivity contribution in [3.63, 3.8) is 0 Å². The van der Waals surface area contributed by atoms with Crippen LogP contribution < -0.4 is 10.6 Å². The van der Waals surface area contributed by atoms with Crippen molar-refractivity contribution in [3.05, 3.63) is 35.9 Å². The Balaban J connectivity index is 2.55. The zero-order chi connectivity index (χ0) is 18.7. The van der Waals surface area contributed by atoms with Crippen LogP contribution in [0.25, 0.3) is 6.08 Å². The normalized spacial score (nSPS) is 13.0. The molecule has 0 amide bonds. The van der Waals surface area contributed by atoms with Gasteiger partial charge in [-0.2, -0.15) is 0 Å². The SMILES string of the molecule is CCC(NC)[Si](OC)(OC)OCOC(=O)C=Cc1ccc(NC)cc1. The summed E-state index contributed by atoms with van der Waals surface area (Å²) >= 11 is 0. The van der Waals surface area contributed by atoms with E-state index in [4.69, 9.17) is 18.0 Å². The smallest absolute Gasteiger partial charge is 0.436 e. The zero-order valence-electron chi connectivity index (χ0n) is 15.5. The molecule has 0 bridgehead atoms. The summed E-state index contributed by atoms with van der Waals surface area (Å²) < 4.78 is 21.7. The van der Waals surface area contributed by atoms with Crippen LogP contribution in [-0.4, -0.2) is 55.5 Å². The molecular formula is C17H28N2O5Si. The van der Waals surface area contributed by atoms with Gasteiger partial charge in [-0.1, -0.05) is 19.1 Å². The lowest BCUT2D eigenvalue weighted by Crippen LogP contribution is -2.60. The molecule has 0 fully saturated rings. The van der Waals surface area contributed by atoms with Crippen LogP contribution in [0.4, 0.5) is 5.69 Å². The van der Waals surface area contributed by atoms with E-state index >= 15 is 0 Å². The van der Waals surface area contributed by atoms with Gasteiger partial charge in [-0.05, 0) is 37.2 Å². The van der Waals surface area contributed by atoms with Gasteiger partial charge in [0.15, 0.2) is 6.79 Å². The van der Waals surface area contributed by atoms with Gasteiger partial charge < -0.3 is 28.6 Å². The quantitative estimate of drug-likeness (QED) is 0.268. The first-order valence-electron chi connectivity index (χ1n) is 8.09. The van der Waals surface area contributed by atoms with Crippen LogP contribution >= 0.6 is 0 Å². The first-order chi connectivity index (χ1) is 12.0. The van der Waals surface area contributed by atoms with Crippen molar-refractivity contribution in [2.24, 2.45) is 0 Å². The molecule has 1 atom stereocenters. The molecule has 0 aromatic heterocycles. The summed E-state index contributed by atoms with van der Waals surface area (Å²) in [5.41, 5.74) is 1.82. The molecule has 0 heterocycles. The number of rotatable bonds is 11. The average Bonchev–Trinajstić information content (AvgIpc) is 2.66. The summed E-state index contributed by atoms with van der Waals surface area (Å²) in [5, 5.41) is 6.15. The van der Waals surface area contributed by atoms with E-state index in [2.05, 4.69) is 10.6 Å². The van der Waals surface area contributed by atoms with Crippen LogP contribution in [0.5, 0.6) is 0 Å². The maximum atomic E-state index is 11.8. The summed E-state index contributed by atoms with van der Waals surface area (Å²) in [6.45, 7) is 1.77. The summed E-state index contributed by atoms with van der Waals surface area (Å²) in [6.07, 6.45) is 3.80. The van der Waals surface area contributed by atoms with E-state index in [9.17, 15) is 4.79 Å². The van der Waals surface area contributed by atoms with E-state index in [1.165, 1.54) is 20.3 Å². The van der Waals surface area contributed by atoms with E-state index in [0.717, 1.165) is 17.7 Å². The highest BCUT2D eigenvalue weighted by atomic mass is 28.4. The number of ether oxygens (including phenoxy) is 1. The molecule has 1 aromatic carbocycles. The summed E-state index contributed by atoms with van der Waals surface area (Å²) in [5.74, 6) is -0.495. The zero-order valence-corrected chi connectivity index (χ0v) is 16.5. The van der Waals surface area contributed by atoms with Crippen LogP contribution in [0.2, 0.25) is 0 Å². The monoisotopic (exact) mass is 368 g/mol. The lowest BCUT2D eigenvalue weighted by atomic mass is 10.2. The number of benzene rings is 1. The summed E-state index contributed by atoms with van der Waals surface area (Å²) in [7, 11) is 3.77. The fourth-order valence-electron chi connectivity index (χ4n) is 2.36. The molecule has 0 saturated heterocycles. The molecule has 1 unspecified atom stereocenters. The lowest BCUT2D eigenvalue weighted by molar-refractivity contribution is -0.146. The van der Waals surface area contributed by atoms with Crippen LogP contribution in [0.3, 0.4) is 0 Å². The number of anilines is 1. The fourth-order valence-corrected chi connectivity index (χ4v) is 4.61. The van der Waals surface area contributed by atoms with Crippen molar-refractivity contribution in [2.45, 2.75) is 19.0 Å². The Morgan fingerprint density at radius 1 is 1.20 bits per heavy atom. The van der Waals surface area contributed by atoms with Gasteiger partial charge in [0.25, 0.3) is 0 Å². The van der Waals surface area contributed by atoms with E-state index in [1.54, 1.807) is 6.08 Å². The Kier molecular flexibility index (Phi) is 9.39. The minimum absolute atomic E-state index is 0.0811. The molecule has 7 nitrogen and oxygen atoms in total. The Bertz CT molecular complexity index is 542. The van der Waals surface area contributed by atoms with Crippen molar-refractivity contribution in [3.8, 4) is 0 Å². The molecule has 25 heavy (non-hydrogen) atoms. The van der Waals surface area contributed by atoms with Crippen LogP contribution in [0.1, 0.15) is 18.9 Å². The number of carbonyl (C=O) groups excluding carboxylic acids is 1. The highest BCUT2D eigenvalue weighted by Crippen LogP contribution is 2.15. The second kappa shape index (κ2) is 11.0. The van der Waals surface area contributed by atoms with Crippen molar-refractivity contribution < 1.29 is 22.8 Å². The maximum absolute atomic E-state index is 11.8. The standard InChI is InChI=1S/C17H28N2O5Si/c1-6-16(19-3)25(21-4,22-5)24-13-23-17(20)12-9-14-7-10-15(18-2)11-8-14/h7-12,16,18-19H,6,13H2,1-5H3. The molecule has 0 radical (unpaired) electrons. The summed E-state index contributed by atoms with van der Waals surface area (Å²) in [4.78, 5) is 11.8. The molecule has 140 valence electrons. The van der Waals surface area contributed by atoms with Gasteiger partial charge in [0.1, 0.15) is 0 Å². The highest BCUT2D eigenvalue weighted by molar-refractivity contribution is 6.62. The molecule has 2 N–H and O–H groups in total. The third-order valence-corrected chi connectivity index (χ3v) is 7.03. The van der Waals surface area contributed by atoms with Gasteiger partial charge in [0, 0.05) is 33.0 Å². The number of nitrogens with one attached hydrogen (secondary N) is 2. The topological polar surface area (TPSA) is 78.1 Å². The van der Waals surface area contributed by atoms with Gasteiger partial charge in [0.05, 0.1) is 5.67 Å². The van der Waals surface area contributed by atoms with Crippen molar-refractivity contribution >= 4 is 26.5 Å². The summed E-state index contributed by atoms with van der Waals surface area (Å²) in [6, 6.07) is 7.65. The van der Waals surface area contributed by atoms with Crippen molar-refractivity contribution in [1.82, 2.24) is 5.32 Å². The fraction of sp³-hybridized carbons (Fsp3) is 0.471. The van der Waals surface area contributed by atoms with Gasteiger partial charge in [-0.15, -0.1) is 0 Å². The molecule has 0 aliphatic rings. The van der Waals surface area contributed by atoms with Crippen molar-refractivity contribution in [2.75, 3.05) is 40.4 Å². The largest absolute Gasteiger partial charge is 0.520 e. The predicted molar refractivity (Wildman–Crippen MR) is 100.0 cm³/mol. The molecule has 8 heteroatoms. The first-order valence-corrected chi connectivity index (χ1v) is 9.89. The Morgan fingerprint density at radius 2 is 1.84 bits per heavy atom. The maximum Gasteiger partial charge on any atom is 0.520 e. The third-order valence-electron chi connectivity index (χ3n) is 3.83. The molecule has 0 aliphatic carbocycles.